The van der Waals surface area contributed by atoms with Gasteiger partial charge in [-0.15, -0.1) is 10.2 Å². The van der Waals surface area contributed by atoms with E-state index >= 15 is 0 Å². The van der Waals surface area contributed by atoms with Crippen LogP contribution in [0.15, 0.2) is 0 Å². The van der Waals surface area contributed by atoms with Crippen molar-refractivity contribution in [3.05, 3.63) is 5.82 Å². The van der Waals surface area contributed by atoms with Gasteiger partial charge in [0.05, 0.1) is 0 Å². The molecular weight excluding hydrogens is 208 g/mol. The fraction of sp³-hybridized carbons (Fsp3) is 0.778. The summed E-state index contributed by atoms with van der Waals surface area (Å²) in [7, 11) is 1.78. The van der Waals surface area contributed by atoms with E-state index in [4.69, 9.17) is 5.73 Å². The minimum Gasteiger partial charge on any atom is -0.336 e. The van der Waals surface area contributed by atoms with Gasteiger partial charge in [0.2, 0.25) is 0 Å². The second-order valence-electron chi connectivity index (χ2n) is 4.15. The van der Waals surface area contributed by atoms with Gasteiger partial charge in [-0.1, -0.05) is 6.42 Å². The van der Waals surface area contributed by atoms with Crippen LogP contribution in [0.5, 0.6) is 0 Å². The lowest BCUT2D eigenvalue weighted by molar-refractivity contribution is 0.0687. The number of rotatable bonds is 3. The molecule has 7 nitrogen and oxygen atoms in total. The van der Waals surface area contributed by atoms with Crippen LogP contribution in [0, 0.1) is 5.92 Å². The largest absolute Gasteiger partial charge is 0.336 e. The second kappa shape index (κ2) is 4.56. The number of carbonyl (C=O) groups is 1. The number of aromatic nitrogens is 4. The average Bonchev–Trinajstić information content (AvgIpc) is 2.97. The topological polar surface area (TPSA) is 101 Å². The first-order valence-electron chi connectivity index (χ1n) is 5.44. The van der Waals surface area contributed by atoms with Crippen LogP contribution >= 0.6 is 0 Å². The van der Waals surface area contributed by atoms with E-state index in [0.717, 1.165) is 19.3 Å². The molecule has 7 heteroatoms. The minimum atomic E-state index is -0.195. The molecule has 2 unspecified atom stereocenters. The molecule has 88 valence electrons. The Labute approximate surface area is 93.4 Å². The van der Waals surface area contributed by atoms with Crippen molar-refractivity contribution in [2.24, 2.45) is 11.7 Å². The van der Waals surface area contributed by atoms with Crippen molar-refractivity contribution in [3.8, 4) is 0 Å². The molecule has 0 spiro atoms. The van der Waals surface area contributed by atoms with Gasteiger partial charge in [-0.3, -0.25) is 4.79 Å². The number of nitrogens with zero attached hydrogens (tertiary/aromatic N) is 4. The Hall–Kier alpha value is -1.50. The zero-order valence-corrected chi connectivity index (χ0v) is 9.26. The average molecular weight is 224 g/mol. The van der Waals surface area contributed by atoms with Crippen molar-refractivity contribution in [2.45, 2.75) is 25.3 Å². The first-order valence-corrected chi connectivity index (χ1v) is 5.44. The Balaban J connectivity index is 2.07. The molecule has 0 radical (unpaired) electrons. The highest BCUT2D eigenvalue weighted by Crippen LogP contribution is 2.28. The van der Waals surface area contributed by atoms with E-state index in [9.17, 15) is 4.79 Å². The van der Waals surface area contributed by atoms with Gasteiger partial charge >= 0.3 is 0 Å². The Morgan fingerprint density at radius 3 is 3.06 bits per heavy atom. The molecule has 0 aliphatic heterocycles. The lowest BCUT2D eigenvalue weighted by Crippen LogP contribution is -2.41. The third-order valence-corrected chi connectivity index (χ3v) is 3.28. The maximum Gasteiger partial charge on any atom is 0.295 e. The number of nitrogens with one attached hydrogen (secondary N) is 1. The summed E-state index contributed by atoms with van der Waals surface area (Å²) in [6.07, 6.45) is 3.21. The third-order valence-electron chi connectivity index (χ3n) is 3.28. The van der Waals surface area contributed by atoms with Gasteiger partial charge in [0.1, 0.15) is 0 Å². The van der Waals surface area contributed by atoms with Crippen molar-refractivity contribution >= 4 is 5.91 Å². The van der Waals surface area contributed by atoms with Gasteiger partial charge in [-0.2, -0.15) is 5.21 Å². The van der Waals surface area contributed by atoms with E-state index in [-0.39, 0.29) is 17.8 Å². The number of nitrogens with two attached hydrogens (primary N) is 1. The zero-order valence-electron chi connectivity index (χ0n) is 9.26. The number of amides is 1. The summed E-state index contributed by atoms with van der Waals surface area (Å²) in [4.78, 5) is 13.6. The summed E-state index contributed by atoms with van der Waals surface area (Å²) in [5.41, 5.74) is 5.69. The SMILES string of the molecule is CN(C(=O)c1nn[nH]n1)C1CCCC1CN. The van der Waals surface area contributed by atoms with Gasteiger partial charge < -0.3 is 10.6 Å². The summed E-state index contributed by atoms with van der Waals surface area (Å²) in [6, 6.07) is 0.205. The van der Waals surface area contributed by atoms with Gasteiger partial charge in [0.25, 0.3) is 11.7 Å². The molecule has 0 bridgehead atoms. The van der Waals surface area contributed by atoms with E-state index in [1.807, 2.05) is 0 Å². The highest BCUT2D eigenvalue weighted by Gasteiger charge is 2.33. The molecule has 1 amide bonds. The maximum atomic E-state index is 12.0. The van der Waals surface area contributed by atoms with Gasteiger partial charge in [-0.25, -0.2) is 0 Å². The van der Waals surface area contributed by atoms with E-state index in [2.05, 4.69) is 20.6 Å². The molecule has 0 saturated heterocycles. The van der Waals surface area contributed by atoms with Crippen molar-refractivity contribution in [1.29, 1.82) is 0 Å². The molecule has 1 heterocycles. The third kappa shape index (κ3) is 1.90. The number of H-pyrrole nitrogens is 1. The fourth-order valence-electron chi connectivity index (χ4n) is 2.36. The Bertz CT molecular complexity index is 351. The monoisotopic (exact) mass is 224 g/mol. The molecular formula is C9H16N6O. The maximum absolute atomic E-state index is 12.0. The number of aromatic amines is 1. The van der Waals surface area contributed by atoms with E-state index in [0.29, 0.717) is 12.5 Å². The predicted octanol–water partition coefficient (Wildman–Crippen LogP) is -0.601. The van der Waals surface area contributed by atoms with Crippen LogP contribution in [-0.4, -0.2) is 51.1 Å². The Kier molecular flexibility index (Phi) is 3.14. The van der Waals surface area contributed by atoms with Crippen LogP contribution in [0.4, 0.5) is 0 Å². The van der Waals surface area contributed by atoms with Crippen LogP contribution in [0.3, 0.4) is 0 Å². The molecule has 3 N–H and O–H groups in total. The van der Waals surface area contributed by atoms with Crippen LogP contribution in [0.1, 0.15) is 29.9 Å². The molecule has 1 aromatic heterocycles. The van der Waals surface area contributed by atoms with Crippen molar-refractivity contribution in [3.63, 3.8) is 0 Å². The highest BCUT2D eigenvalue weighted by atomic mass is 16.2. The molecule has 1 aromatic rings. The quantitative estimate of drug-likeness (QED) is 0.714. The van der Waals surface area contributed by atoms with Gasteiger partial charge in [0, 0.05) is 13.1 Å². The highest BCUT2D eigenvalue weighted by molar-refractivity contribution is 5.90. The first kappa shape index (κ1) is 11.0. The molecule has 1 aliphatic rings. The van der Waals surface area contributed by atoms with Crippen LogP contribution in [0.2, 0.25) is 0 Å². The summed E-state index contributed by atoms with van der Waals surface area (Å²) in [5.74, 6) is 0.310. The Morgan fingerprint density at radius 2 is 2.44 bits per heavy atom. The smallest absolute Gasteiger partial charge is 0.295 e. The molecule has 16 heavy (non-hydrogen) atoms. The lowest BCUT2D eigenvalue weighted by Gasteiger charge is -2.28. The standard InChI is InChI=1S/C9H16N6O/c1-15(7-4-2-3-6(7)5-10)9(16)8-11-13-14-12-8/h6-7H,2-5,10H2,1H3,(H,11,12,13,14). The fourth-order valence-corrected chi connectivity index (χ4v) is 2.36. The number of hydrogen-bond acceptors (Lipinski definition) is 5. The number of tetrazole rings is 1. The second-order valence-corrected chi connectivity index (χ2v) is 4.15. The van der Waals surface area contributed by atoms with Crippen LogP contribution in [-0.2, 0) is 0 Å². The molecule has 1 fully saturated rings. The summed E-state index contributed by atoms with van der Waals surface area (Å²) in [6.45, 7) is 0.620. The molecule has 1 saturated carbocycles. The number of hydrogen-bond donors (Lipinski definition) is 2. The molecule has 2 atom stereocenters. The van der Waals surface area contributed by atoms with Crippen LogP contribution < -0.4 is 5.73 Å². The predicted molar refractivity (Wildman–Crippen MR) is 56.5 cm³/mol. The lowest BCUT2D eigenvalue weighted by atomic mass is 10.0. The summed E-state index contributed by atoms with van der Waals surface area (Å²) < 4.78 is 0. The number of carbonyl (C=O) groups excluding carboxylic acids is 1. The van der Waals surface area contributed by atoms with E-state index in [1.165, 1.54) is 0 Å². The van der Waals surface area contributed by atoms with Gasteiger partial charge in [-0.05, 0) is 30.5 Å². The van der Waals surface area contributed by atoms with Gasteiger partial charge in [0.15, 0.2) is 0 Å². The molecule has 2 rings (SSSR count). The van der Waals surface area contributed by atoms with Crippen LogP contribution in [0.25, 0.3) is 0 Å². The minimum absolute atomic E-state index is 0.116. The zero-order chi connectivity index (χ0) is 11.5. The summed E-state index contributed by atoms with van der Waals surface area (Å²) in [5, 5.41) is 13.0. The Morgan fingerprint density at radius 1 is 1.62 bits per heavy atom. The molecule has 1 aliphatic carbocycles. The van der Waals surface area contributed by atoms with Crippen molar-refractivity contribution in [1.82, 2.24) is 25.5 Å². The normalized spacial score (nSPS) is 24.6. The van der Waals surface area contributed by atoms with E-state index in [1.54, 1.807) is 11.9 Å². The van der Waals surface area contributed by atoms with E-state index < -0.39 is 0 Å². The van der Waals surface area contributed by atoms with Crippen molar-refractivity contribution in [2.75, 3.05) is 13.6 Å². The van der Waals surface area contributed by atoms with Crippen molar-refractivity contribution < 1.29 is 4.79 Å². The summed E-state index contributed by atoms with van der Waals surface area (Å²) >= 11 is 0. The first-order chi connectivity index (χ1) is 7.74. The molecule has 0 aromatic carbocycles.